The third kappa shape index (κ3) is 2.50. The molecule has 0 radical (unpaired) electrons. The topological polar surface area (TPSA) is 24.9 Å². The minimum atomic E-state index is -4.40. The molecule has 0 bridgehead atoms. The van der Waals surface area contributed by atoms with Crippen LogP contribution < -0.4 is 5.32 Å². The lowest BCUT2D eigenvalue weighted by Crippen LogP contribution is -2.27. The first kappa shape index (κ1) is 13.4. The highest BCUT2D eigenvalue weighted by Gasteiger charge is 2.34. The lowest BCUT2D eigenvalue weighted by molar-refractivity contribution is -0.141. The van der Waals surface area contributed by atoms with E-state index in [4.69, 9.17) is 0 Å². The molecule has 0 unspecified atom stereocenters. The Kier molecular flexibility index (Phi) is 3.38. The van der Waals surface area contributed by atoms with Gasteiger partial charge in [-0.05, 0) is 49.5 Å². The molecule has 0 spiro atoms. The van der Waals surface area contributed by atoms with Crippen LogP contribution in [-0.4, -0.2) is 18.1 Å². The summed E-state index contributed by atoms with van der Waals surface area (Å²) in [7, 11) is 0. The Bertz CT molecular complexity index is 616. The molecule has 1 fully saturated rings. The smallest absolute Gasteiger partial charge is 0.317 e. The van der Waals surface area contributed by atoms with Gasteiger partial charge in [-0.1, -0.05) is 18.2 Å². The van der Waals surface area contributed by atoms with Gasteiger partial charge in [-0.15, -0.1) is 0 Å². The van der Waals surface area contributed by atoms with Crippen molar-refractivity contribution in [3.8, 4) is 0 Å². The number of para-hydroxylation sites is 1. The minimum Gasteiger partial charge on any atom is -0.317 e. The van der Waals surface area contributed by atoms with E-state index in [2.05, 4.69) is 10.3 Å². The number of alkyl halides is 3. The molecule has 1 aliphatic heterocycles. The Balaban J connectivity index is 2.16. The van der Waals surface area contributed by atoms with E-state index in [-0.39, 0.29) is 5.92 Å². The minimum absolute atomic E-state index is 0.172. The largest absolute Gasteiger partial charge is 0.433 e. The quantitative estimate of drug-likeness (QED) is 0.861. The van der Waals surface area contributed by atoms with Gasteiger partial charge in [-0.2, -0.15) is 13.2 Å². The van der Waals surface area contributed by atoms with Gasteiger partial charge in [0.1, 0.15) is 5.69 Å². The molecule has 1 N–H and O–H groups in total. The average Bonchev–Trinajstić information content (AvgIpc) is 2.46. The maximum atomic E-state index is 13.0. The van der Waals surface area contributed by atoms with E-state index in [0.29, 0.717) is 5.52 Å². The fourth-order valence-corrected chi connectivity index (χ4v) is 2.82. The van der Waals surface area contributed by atoms with E-state index in [0.717, 1.165) is 36.9 Å². The Morgan fingerprint density at radius 2 is 1.80 bits per heavy atom. The second kappa shape index (κ2) is 5.05. The lowest BCUT2D eigenvalue weighted by atomic mass is 9.87. The van der Waals surface area contributed by atoms with E-state index in [9.17, 15) is 13.2 Å². The average molecular weight is 280 g/mol. The Hall–Kier alpha value is -1.62. The van der Waals surface area contributed by atoms with Gasteiger partial charge in [-0.25, -0.2) is 4.98 Å². The van der Waals surface area contributed by atoms with Crippen LogP contribution in [0.4, 0.5) is 13.2 Å². The van der Waals surface area contributed by atoms with Gasteiger partial charge in [0.25, 0.3) is 0 Å². The zero-order valence-electron chi connectivity index (χ0n) is 10.9. The van der Waals surface area contributed by atoms with E-state index >= 15 is 0 Å². The normalized spacial score (nSPS) is 17.6. The van der Waals surface area contributed by atoms with Gasteiger partial charge in [0.2, 0.25) is 0 Å². The summed E-state index contributed by atoms with van der Waals surface area (Å²) in [5.74, 6) is 0.172. The highest BCUT2D eigenvalue weighted by Crippen LogP contribution is 2.36. The maximum Gasteiger partial charge on any atom is 0.433 e. The first-order valence-corrected chi connectivity index (χ1v) is 6.73. The number of hydrogen-bond donors (Lipinski definition) is 1. The van der Waals surface area contributed by atoms with Gasteiger partial charge in [0.05, 0.1) is 5.52 Å². The number of hydrogen-bond acceptors (Lipinski definition) is 2. The number of nitrogens with one attached hydrogen (secondary N) is 1. The highest BCUT2D eigenvalue weighted by molar-refractivity contribution is 5.83. The van der Waals surface area contributed by atoms with Crippen LogP contribution >= 0.6 is 0 Å². The van der Waals surface area contributed by atoms with Gasteiger partial charge in [0, 0.05) is 5.39 Å². The molecule has 0 atom stereocenters. The molecule has 2 nitrogen and oxygen atoms in total. The third-order valence-electron chi connectivity index (χ3n) is 3.82. The standard InChI is InChI=1S/C15H15F3N2/c16-15(17,18)14-9-12(10-5-7-19-8-6-10)11-3-1-2-4-13(11)20-14/h1-4,9-10,19H,5-8H2. The molecule has 1 saturated heterocycles. The summed E-state index contributed by atoms with van der Waals surface area (Å²) in [6, 6.07) is 8.32. The summed E-state index contributed by atoms with van der Waals surface area (Å²) < 4.78 is 39.0. The summed E-state index contributed by atoms with van der Waals surface area (Å²) in [5.41, 5.74) is 0.421. The second-order valence-corrected chi connectivity index (χ2v) is 5.14. The molecular weight excluding hydrogens is 265 g/mol. The number of piperidine rings is 1. The van der Waals surface area contributed by atoms with Gasteiger partial charge < -0.3 is 5.32 Å². The summed E-state index contributed by atoms with van der Waals surface area (Å²) in [6.07, 6.45) is -2.66. The molecule has 106 valence electrons. The molecule has 3 rings (SSSR count). The summed E-state index contributed by atoms with van der Waals surface area (Å²) in [4.78, 5) is 3.76. The summed E-state index contributed by atoms with van der Waals surface area (Å²) in [6.45, 7) is 1.70. The van der Waals surface area contributed by atoms with Crippen LogP contribution in [0.2, 0.25) is 0 Å². The Morgan fingerprint density at radius 3 is 2.50 bits per heavy atom. The molecule has 1 aromatic carbocycles. The van der Waals surface area contributed by atoms with Crippen molar-refractivity contribution in [3.63, 3.8) is 0 Å². The van der Waals surface area contributed by atoms with Crippen molar-refractivity contribution in [2.24, 2.45) is 0 Å². The molecule has 0 saturated carbocycles. The van der Waals surface area contributed by atoms with E-state index in [1.165, 1.54) is 6.07 Å². The van der Waals surface area contributed by atoms with Crippen molar-refractivity contribution >= 4 is 10.9 Å². The molecule has 2 aromatic rings. The molecule has 0 aliphatic carbocycles. The number of halogens is 3. The number of aromatic nitrogens is 1. The zero-order chi connectivity index (χ0) is 14.2. The van der Waals surface area contributed by atoms with Crippen LogP contribution in [0.25, 0.3) is 10.9 Å². The van der Waals surface area contributed by atoms with E-state index in [1.807, 2.05) is 12.1 Å². The van der Waals surface area contributed by atoms with Crippen molar-refractivity contribution in [1.82, 2.24) is 10.3 Å². The predicted octanol–water partition coefficient (Wildman–Crippen LogP) is 3.72. The van der Waals surface area contributed by atoms with Crippen molar-refractivity contribution in [2.45, 2.75) is 24.9 Å². The van der Waals surface area contributed by atoms with Gasteiger partial charge in [-0.3, -0.25) is 0 Å². The van der Waals surface area contributed by atoms with E-state index < -0.39 is 11.9 Å². The number of pyridine rings is 1. The van der Waals surface area contributed by atoms with Crippen molar-refractivity contribution in [2.75, 3.05) is 13.1 Å². The van der Waals surface area contributed by atoms with Crippen molar-refractivity contribution in [1.29, 1.82) is 0 Å². The summed E-state index contributed by atoms with van der Waals surface area (Å²) in [5, 5.41) is 4.08. The lowest BCUT2D eigenvalue weighted by Gasteiger charge is -2.25. The molecule has 2 heterocycles. The van der Waals surface area contributed by atoms with Crippen molar-refractivity contribution in [3.05, 3.63) is 41.6 Å². The molecule has 5 heteroatoms. The van der Waals surface area contributed by atoms with Gasteiger partial charge in [0.15, 0.2) is 0 Å². The molecule has 1 aromatic heterocycles. The van der Waals surface area contributed by atoms with Crippen LogP contribution in [0, 0.1) is 0 Å². The zero-order valence-corrected chi connectivity index (χ0v) is 10.9. The number of benzene rings is 1. The van der Waals surface area contributed by atoms with Crippen LogP contribution in [0.3, 0.4) is 0 Å². The second-order valence-electron chi connectivity index (χ2n) is 5.14. The first-order valence-electron chi connectivity index (χ1n) is 6.73. The van der Waals surface area contributed by atoms with Crippen LogP contribution in [0.1, 0.15) is 30.0 Å². The van der Waals surface area contributed by atoms with E-state index in [1.54, 1.807) is 12.1 Å². The monoisotopic (exact) mass is 280 g/mol. The summed E-state index contributed by atoms with van der Waals surface area (Å²) >= 11 is 0. The van der Waals surface area contributed by atoms with Gasteiger partial charge >= 0.3 is 6.18 Å². The molecule has 0 amide bonds. The number of nitrogens with zero attached hydrogens (tertiary/aromatic N) is 1. The Labute approximate surface area is 115 Å². The molecule has 20 heavy (non-hydrogen) atoms. The predicted molar refractivity (Wildman–Crippen MR) is 71.6 cm³/mol. The molecular formula is C15H15F3N2. The maximum absolute atomic E-state index is 13.0. The van der Waals surface area contributed by atoms with Crippen molar-refractivity contribution < 1.29 is 13.2 Å². The number of rotatable bonds is 1. The highest BCUT2D eigenvalue weighted by atomic mass is 19.4. The van der Waals surface area contributed by atoms with Crippen LogP contribution in [0.5, 0.6) is 0 Å². The first-order chi connectivity index (χ1) is 9.55. The van der Waals surface area contributed by atoms with Crippen LogP contribution in [-0.2, 0) is 6.18 Å². The fraction of sp³-hybridized carbons (Fsp3) is 0.400. The Morgan fingerprint density at radius 1 is 1.10 bits per heavy atom. The number of fused-ring (bicyclic) bond motifs is 1. The SMILES string of the molecule is FC(F)(F)c1cc(C2CCNCC2)c2ccccc2n1. The van der Waals surface area contributed by atoms with Crippen LogP contribution in [0.15, 0.2) is 30.3 Å². The molecule has 1 aliphatic rings. The fourth-order valence-electron chi connectivity index (χ4n) is 2.82. The third-order valence-corrected chi connectivity index (χ3v) is 3.82.